The van der Waals surface area contributed by atoms with Crippen molar-refractivity contribution in [3.8, 4) is 0 Å². The second kappa shape index (κ2) is 5.31. The smallest absolute Gasteiger partial charge is 0.164 e. The number of benzene rings is 1. The van der Waals surface area contributed by atoms with Gasteiger partial charge in [-0.05, 0) is 17.0 Å². The van der Waals surface area contributed by atoms with Crippen LogP contribution >= 0.6 is 0 Å². The van der Waals surface area contributed by atoms with Crippen LogP contribution in [0, 0.1) is 0 Å². The van der Waals surface area contributed by atoms with Gasteiger partial charge in [0.2, 0.25) is 0 Å². The first-order valence-corrected chi connectivity index (χ1v) is 6.28. The largest absolute Gasteiger partial charge is 0.324 e. The average molecular weight is 244 g/mol. The molecule has 2 aromatic rings. The van der Waals surface area contributed by atoms with Gasteiger partial charge in [0, 0.05) is 13.5 Å². The molecule has 1 heterocycles. The summed E-state index contributed by atoms with van der Waals surface area (Å²) in [5, 5.41) is 4.25. The summed E-state index contributed by atoms with van der Waals surface area (Å²) >= 11 is 0. The Kier molecular flexibility index (Phi) is 3.77. The molecule has 0 radical (unpaired) electrons. The zero-order valence-electron chi connectivity index (χ0n) is 11.2. The molecule has 18 heavy (non-hydrogen) atoms. The maximum absolute atomic E-state index is 5.54. The molecule has 0 aliphatic rings. The first kappa shape index (κ1) is 12.8. The Hall–Kier alpha value is -1.68. The first-order valence-electron chi connectivity index (χ1n) is 6.28. The van der Waals surface area contributed by atoms with Gasteiger partial charge in [0.15, 0.2) is 5.82 Å². The van der Waals surface area contributed by atoms with Gasteiger partial charge in [0.1, 0.15) is 5.82 Å². The standard InChI is InChI=1S/C14H20N4/c1-10(2)12-6-4-11(5-7-12)8-14-16-13(9-15)17-18(14)3/h4-7,10H,8-9,15H2,1-3H3. The van der Waals surface area contributed by atoms with E-state index in [0.29, 0.717) is 18.3 Å². The lowest BCUT2D eigenvalue weighted by molar-refractivity contribution is 0.705. The predicted octanol–water partition coefficient (Wildman–Crippen LogP) is 1.99. The molecule has 1 aromatic heterocycles. The molecule has 0 spiro atoms. The van der Waals surface area contributed by atoms with Crippen molar-refractivity contribution in [2.24, 2.45) is 12.8 Å². The highest BCUT2D eigenvalue weighted by atomic mass is 15.3. The van der Waals surface area contributed by atoms with E-state index in [9.17, 15) is 0 Å². The number of rotatable bonds is 4. The van der Waals surface area contributed by atoms with Crippen LogP contribution in [-0.2, 0) is 20.0 Å². The van der Waals surface area contributed by atoms with Crippen LogP contribution in [0.25, 0.3) is 0 Å². The minimum Gasteiger partial charge on any atom is -0.324 e. The summed E-state index contributed by atoms with van der Waals surface area (Å²) in [6, 6.07) is 8.68. The fourth-order valence-electron chi connectivity index (χ4n) is 1.92. The SMILES string of the molecule is CC(C)c1ccc(Cc2nc(CN)nn2C)cc1. The van der Waals surface area contributed by atoms with Crippen molar-refractivity contribution in [3.05, 3.63) is 47.0 Å². The number of aromatic nitrogens is 3. The van der Waals surface area contributed by atoms with Gasteiger partial charge in [-0.15, -0.1) is 0 Å². The summed E-state index contributed by atoms with van der Waals surface area (Å²) in [5.41, 5.74) is 8.15. The summed E-state index contributed by atoms with van der Waals surface area (Å²) in [5.74, 6) is 2.22. The van der Waals surface area contributed by atoms with Crippen molar-refractivity contribution in [2.75, 3.05) is 0 Å². The molecular weight excluding hydrogens is 224 g/mol. The Labute approximate surface area is 108 Å². The van der Waals surface area contributed by atoms with Crippen molar-refractivity contribution in [3.63, 3.8) is 0 Å². The van der Waals surface area contributed by atoms with Crippen molar-refractivity contribution in [1.82, 2.24) is 14.8 Å². The molecule has 0 amide bonds. The van der Waals surface area contributed by atoms with Crippen LogP contribution in [0.5, 0.6) is 0 Å². The summed E-state index contributed by atoms with van der Waals surface area (Å²) < 4.78 is 1.80. The molecule has 0 unspecified atom stereocenters. The molecule has 0 bridgehead atoms. The first-order chi connectivity index (χ1) is 8.60. The van der Waals surface area contributed by atoms with Gasteiger partial charge in [0.25, 0.3) is 0 Å². The topological polar surface area (TPSA) is 56.7 Å². The Morgan fingerprint density at radius 3 is 2.39 bits per heavy atom. The van der Waals surface area contributed by atoms with Gasteiger partial charge in [-0.1, -0.05) is 38.1 Å². The fraction of sp³-hybridized carbons (Fsp3) is 0.429. The van der Waals surface area contributed by atoms with Gasteiger partial charge < -0.3 is 5.73 Å². The van der Waals surface area contributed by atoms with E-state index in [0.717, 1.165) is 12.2 Å². The minimum absolute atomic E-state index is 0.389. The van der Waals surface area contributed by atoms with Crippen LogP contribution in [0.3, 0.4) is 0 Å². The maximum Gasteiger partial charge on any atom is 0.164 e. The van der Waals surface area contributed by atoms with Crippen LogP contribution in [0.1, 0.15) is 42.5 Å². The summed E-state index contributed by atoms with van der Waals surface area (Å²) in [7, 11) is 1.91. The van der Waals surface area contributed by atoms with E-state index in [1.165, 1.54) is 11.1 Å². The van der Waals surface area contributed by atoms with E-state index in [2.05, 4.69) is 48.2 Å². The molecule has 1 aromatic carbocycles. The molecule has 0 aliphatic carbocycles. The van der Waals surface area contributed by atoms with Gasteiger partial charge in [0.05, 0.1) is 6.54 Å². The van der Waals surface area contributed by atoms with E-state index < -0.39 is 0 Å². The molecule has 0 saturated carbocycles. The second-order valence-electron chi connectivity index (χ2n) is 4.85. The zero-order valence-corrected chi connectivity index (χ0v) is 11.2. The molecule has 0 saturated heterocycles. The van der Waals surface area contributed by atoms with E-state index in [4.69, 9.17) is 5.73 Å². The molecular formula is C14H20N4. The number of aryl methyl sites for hydroxylation is 1. The summed E-state index contributed by atoms with van der Waals surface area (Å²) in [4.78, 5) is 4.41. The normalized spacial score (nSPS) is 11.2. The third kappa shape index (κ3) is 2.76. The molecule has 2 N–H and O–H groups in total. The van der Waals surface area contributed by atoms with Gasteiger partial charge in [-0.3, -0.25) is 4.68 Å². The Morgan fingerprint density at radius 1 is 1.22 bits per heavy atom. The monoisotopic (exact) mass is 244 g/mol. The lowest BCUT2D eigenvalue weighted by Gasteiger charge is -2.06. The molecule has 0 atom stereocenters. The van der Waals surface area contributed by atoms with Crippen LogP contribution in [0.4, 0.5) is 0 Å². The number of nitrogens with two attached hydrogens (primary N) is 1. The average Bonchev–Trinajstić information content (AvgIpc) is 2.71. The lowest BCUT2D eigenvalue weighted by Crippen LogP contribution is -2.01. The molecule has 0 fully saturated rings. The van der Waals surface area contributed by atoms with Gasteiger partial charge >= 0.3 is 0 Å². The Balaban J connectivity index is 2.15. The molecule has 4 nitrogen and oxygen atoms in total. The minimum atomic E-state index is 0.389. The van der Waals surface area contributed by atoms with Crippen LogP contribution in [-0.4, -0.2) is 14.8 Å². The number of nitrogens with zero attached hydrogens (tertiary/aromatic N) is 3. The maximum atomic E-state index is 5.54. The van der Waals surface area contributed by atoms with Crippen molar-refractivity contribution >= 4 is 0 Å². The third-order valence-corrected chi connectivity index (χ3v) is 3.09. The fourth-order valence-corrected chi connectivity index (χ4v) is 1.92. The Bertz CT molecular complexity index is 511. The summed E-state index contributed by atoms with van der Waals surface area (Å²) in [6.07, 6.45) is 0.794. The van der Waals surface area contributed by atoms with Gasteiger partial charge in [-0.25, -0.2) is 4.98 Å². The highest BCUT2D eigenvalue weighted by Crippen LogP contribution is 2.16. The van der Waals surface area contributed by atoms with E-state index >= 15 is 0 Å². The van der Waals surface area contributed by atoms with E-state index in [1.807, 2.05) is 7.05 Å². The van der Waals surface area contributed by atoms with Crippen molar-refractivity contribution in [2.45, 2.75) is 32.7 Å². The Morgan fingerprint density at radius 2 is 1.89 bits per heavy atom. The van der Waals surface area contributed by atoms with Crippen LogP contribution < -0.4 is 5.73 Å². The highest BCUT2D eigenvalue weighted by Gasteiger charge is 2.07. The van der Waals surface area contributed by atoms with E-state index in [-0.39, 0.29) is 0 Å². The van der Waals surface area contributed by atoms with Gasteiger partial charge in [-0.2, -0.15) is 5.10 Å². The second-order valence-corrected chi connectivity index (χ2v) is 4.85. The van der Waals surface area contributed by atoms with Crippen molar-refractivity contribution in [1.29, 1.82) is 0 Å². The lowest BCUT2D eigenvalue weighted by atomic mass is 10.0. The highest BCUT2D eigenvalue weighted by molar-refractivity contribution is 5.26. The molecule has 2 rings (SSSR count). The molecule has 0 aliphatic heterocycles. The zero-order chi connectivity index (χ0) is 13.1. The van der Waals surface area contributed by atoms with Crippen LogP contribution in [0.15, 0.2) is 24.3 Å². The van der Waals surface area contributed by atoms with E-state index in [1.54, 1.807) is 4.68 Å². The molecule has 96 valence electrons. The third-order valence-electron chi connectivity index (χ3n) is 3.09. The summed E-state index contributed by atoms with van der Waals surface area (Å²) in [6.45, 7) is 4.79. The van der Waals surface area contributed by atoms with Crippen LogP contribution in [0.2, 0.25) is 0 Å². The predicted molar refractivity (Wildman–Crippen MR) is 72.2 cm³/mol. The quantitative estimate of drug-likeness (QED) is 0.894. The molecule has 4 heteroatoms. The van der Waals surface area contributed by atoms with Crippen molar-refractivity contribution < 1.29 is 0 Å². The number of hydrogen-bond acceptors (Lipinski definition) is 3. The number of hydrogen-bond donors (Lipinski definition) is 1.